The summed E-state index contributed by atoms with van der Waals surface area (Å²) in [4.78, 5) is 3.99. The van der Waals surface area contributed by atoms with Crippen molar-refractivity contribution in [3.05, 3.63) is 65.0 Å². The molecule has 1 heterocycles. The number of nitrogens with two attached hydrogens (primary N) is 1. The Kier molecular flexibility index (Phi) is 3.67. The Bertz CT molecular complexity index is 535. The first-order valence-electron chi connectivity index (χ1n) is 5.68. The third kappa shape index (κ3) is 2.54. The highest BCUT2D eigenvalue weighted by Crippen LogP contribution is 2.21. The summed E-state index contributed by atoms with van der Waals surface area (Å²) in [6.45, 7) is 1.90. The molecule has 18 heavy (non-hydrogen) atoms. The molecule has 1 unspecified atom stereocenters. The molecule has 4 heteroatoms. The zero-order chi connectivity index (χ0) is 13.1. The number of rotatable bonds is 3. The van der Waals surface area contributed by atoms with Gasteiger partial charge in [-0.1, -0.05) is 6.07 Å². The quantitative estimate of drug-likeness (QED) is 0.907. The van der Waals surface area contributed by atoms with Crippen LogP contribution in [0.3, 0.4) is 0 Å². The van der Waals surface area contributed by atoms with Gasteiger partial charge in [0.05, 0.1) is 0 Å². The fourth-order valence-electron chi connectivity index (χ4n) is 1.92. The van der Waals surface area contributed by atoms with Crippen LogP contribution in [0.4, 0.5) is 8.78 Å². The molecule has 94 valence electrons. The Hall–Kier alpha value is -1.81. The molecule has 1 aromatic heterocycles. The van der Waals surface area contributed by atoms with Crippen molar-refractivity contribution in [1.82, 2.24) is 4.98 Å². The van der Waals surface area contributed by atoms with Crippen LogP contribution in [-0.2, 0) is 6.42 Å². The highest BCUT2D eigenvalue weighted by molar-refractivity contribution is 5.28. The van der Waals surface area contributed by atoms with E-state index in [2.05, 4.69) is 4.98 Å². The van der Waals surface area contributed by atoms with Crippen LogP contribution >= 0.6 is 0 Å². The van der Waals surface area contributed by atoms with Crippen LogP contribution < -0.4 is 5.73 Å². The molecule has 0 aliphatic heterocycles. The highest BCUT2D eigenvalue weighted by Gasteiger charge is 2.15. The van der Waals surface area contributed by atoms with E-state index in [1.54, 1.807) is 12.4 Å². The first-order chi connectivity index (χ1) is 8.59. The number of hydrogen-bond acceptors (Lipinski definition) is 2. The highest BCUT2D eigenvalue weighted by atomic mass is 19.1. The molecule has 0 aliphatic rings. The van der Waals surface area contributed by atoms with Gasteiger partial charge in [-0.25, -0.2) is 8.78 Å². The average Bonchev–Trinajstić information content (AvgIpc) is 2.34. The third-order valence-electron chi connectivity index (χ3n) is 2.96. The lowest BCUT2D eigenvalue weighted by atomic mass is 9.97. The third-order valence-corrected chi connectivity index (χ3v) is 2.96. The molecule has 0 bridgehead atoms. The minimum atomic E-state index is -0.563. The largest absolute Gasteiger partial charge is 0.324 e. The van der Waals surface area contributed by atoms with Crippen molar-refractivity contribution in [2.24, 2.45) is 5.73 Å². The first-order valence-corrected chi connectivity index (χ1v) is 5.68. The maximum Gasteiger partial charge on any atom is 0.129 e. The minimum absolute atomic E-state index is 0.0215. The second-order valence-electron chi connectivity index (χ2n) is 4.24. The fourth-order valence-corrected chi connectivity index (χ4v) is 1.92. The summed E-state index contributed by atoms with van der Waals surface area (Å²) in [5, 5.41) is 0. The Balaban J connectivity index is 2.27. The maximum atomic E-state index is 13.5. The van der Waals surface area contributed by atoms with Crippen molar-refractivity contribution in [3.8, 4) is 0 Å². The molecule has 0 fully saturated rings. The second kappa shape index (κ2) is 5.23. The lowest BCUT2D eigenvalue weighted by molar-refractivity contribution is 0.539. The first kappa shape index (κ1) is 12.6. The molecular formula is C14H14F2N2. The molecule has 0 aliphatic carbocycles. The Labute approximate surface area is 104 Å². The predicted molar refractivity (Wildman–Crippen MR) is 66.0 cm³/mol. The van der Waals surface area contributed by atoms with E-state index in [1.807, 2.05) is 13.0 Å². The molecule has 0 radical (unpaired) electrons. The molecule has 0 saturated carbocycles. The summed E-state index contributed by atoms with van der Waals surface area (Å²) >= 11 is 0. The van der Waals surface area contributed by atoms with E-state index in [0.717, 1.165) is 11.1 Å². The molecule has 1 aromatic carbocycles. The SMILES string of the molecule is Cc1ccncc1C(N)Cc1c(F)cccc1F. The maximum absolute atomic E-state index is 13.5. The summed E-state index contributed by atoms with van der Waals surface area (Å²) in [5.74, 6) is -1.13. The summed E-state index contributed by atoms with van der Waals surface area (Å²) in [7, 11) is 0. The standard InChI is InChI=1S/C14H14F2N2/c1-9-5-6-18-8-11(9)14(17)7-10-12(15)3-2-4-13(10)16/h2-6,8,14H,7,17H2,1H3. The molecular weight excluding hydrogens is 234 g/mol. The van der Waals surface area contributed by atoms with Gasteiger partial charge in [0.2, 0.25) is 0 Å². The fraction of sp³-hybridized carbons (Fsp3) is 0.214. The average molecular weight is 248 g/mol. The smallest absolute Gasteiger partial charge is 0.129 e. The summed E-state index contributed by atoms with van der Waals surface area (Å²) in [5.41, 5.74) is 7.79. The van der Waals surface area contributed by atoms with Crippen molar-refractivity contribution >= 4 is 0 Å². The normalized spacial score (nSPS) is 12.4. The van der Waals surface area contributed by atoms with E-state index in [4.69, 9.17) is 5.73 Å². The van der Waals surface area contributed by atoms with Gasteiger partial charge in [0.25, 0.3) is 0 Å². The topological polar surface area (TPSA) is 38.9 Å². The van der Waals surface area contributed by atoms with Crippen molar-refractivity contribution < 1.29 is 8.78 Å². The number of nitrogens with zero attached hydrogens (tertiary/aromatic N) is 1. The van der Waals surface area contributed by atoms with Crippen molar-refractivity contribution in [2.45, 2.75) is 19.4 Å². The monoisotopic (exact) mass is 248 g/mol. The number of hydrogen-bond donors (Lipinski definition) is 1. The van der Waals surface area contributed by atoms with Crippen LogP contribution in [0.5, 0.6) is 0 Å². The van der Waals surface area contributed by atoms with Gasteiger partial charge in [0.15, 0.2) is 0 Å². The van der Waals surface area contributed by atoms with Gasteiger partial charge in [0, 0.05) is 24.0 Å². The minimum Gasteiger partial charge on any atom is -0.324 e. The number of aromatic nitrogens is 1. The molecule has 2 rings (SSSR count). The van der Waals surface area contributed by atoms with E-state index < -0.39 is 17.7 Å². The van der Waals surface area contributed by atoms with Crippen LogP contribution in [0.1, 0.15) is 22.7 Å². The van der Waals surface area contributed by atoms with Gasteiger partial charge in [-0.15, -0.1) is 0 Å². The van der Waals surface area contributed by atoms with Crippen molar-refractivity contribution in [3.63, 3.8) is 0 Å². The van der Waals surface area contributed by atoms with E-state index in [-0.39, 0.29) is 12.0 Å². The van der Waals surface area contributed by atoms with Crippen LogP contribution in [0.15, 0.2) is 36.7 Å². The zero-order valence-electron chi connectivity index (χ0n) is 10.0. The van der Waals surface area contributed by atoms with Crippen molar-refractivity contribution in [2.75, 3.05) is 0 Å². The van der Waals surface area contributed by atoms with Crippen LogP contribution in [0.25, 0.3) is 0 Å². The molecule has 0 spiro atoms. The molecule has 0 amide bonds. The van der Waals surface area contributed by atoms with E-state index in [9.17, 15) is 8.78 Å². The molecule has 1 atom stereocenters. The van der Waals surface area contributed by atoms with Gasteiger partial charge in [0.1, 0.15) is 11.6 Å². The van der Waals surface area contributed by atoms with Gasteiger partial charge >= 0.3 is 0 Å². The van der Waals surface area contributed by atoms with E-state index in [0.29, 0.717) is 0 Å². The molecule has 2 aromatic rings. The Morgan fingerprint density at radius 3 is 2.50 bits per heavy atom. The Morgan fingerprint density at radius 2 is 1.89 bits per heavy atom. The van der Waals surface area contributed by atoms with Gasteiger partial charge < -0.3 is 5.73 Å². The van der Waals surface area contributed by atoms with E-state index >= 15 is 0 Å². The summed E-state index contributed by atoms with van der Waals surface area (Å²) in [6, 6.07) is 5.18. The molecule has 2 N–H and O–H groups in total. The van der Waals surface area contributed by atoms with Crippen molar-refractivity contribution in [1.29, 1.82) is 0 Å². The summed E-state index contributed by atoms with van der Waals surface area (Å²) in [6.07, 6.45) is 3.42. The van der Waals surface area contributed by atoms with Gasteiger partial charge in [-0.2, -0.15) is 0 Å². The van der Waals surface area contributed by atoms with Gasteiger partial charge in [-0.05, 0) is 42.7 Å². The number of aryl methyl sites for hydroxylation is 1. The van der Waals surface area contributed by atoms with Gasteiger partial charge in [-0.3, -0.25) is 4.98 Å². The number of benzene rings is 1. The lowest BCUT2D eigenvalue weighted by Crippen LogP contribution is -2.16. The second-order valence-corrected chi connectivity index (χ2v) is 4.24. The lowest BCUT2D eigenvalue weighted by Gasteiger charge is -2.15. The molecule has 0 saturated heterocycles. The van der Waals surface area contributed by atoms with Crippen LogP contribution in [0.2, 0.25) is 0 Å². The predicted octanol–water partition coefficient (Wildman–Crippen LogP) is 2.91. The number of pyridine rings is 1. The Morgan fingerprint density at radius 1 is 1.22 bits per heavy atom. The van der Waals surface area contributed by atoms with Crippen LogP contribution in [0, 0.1) is 18.6 Å². The molecule has 2 nitrogen and oxygen atoms in total. The van der Waals surface area contributed by atoms with E-state index in [1.165, 1.54) is 18.2 Å². The zero-order valence-corrected chi connectivity index (χ0v) is 10.0. The number of halogens is 2. The van der Waals surface area contributed by atoms with Crippen LogP contribution in [-0.4, -0.2) is 4.98 Å². The summed E-state index contributed by atoms with van der Waals surface area (Å²) < 4.78 is 27.0.